The van der Waals surface area contributed by atoms with Crippen LogP contribution >= 0.6 is 0 Å². The molecule has 1 aliphatic heterocycles. The van der Waals surface area contributed by atoms with E-state index in [0.29, 0.717) is 29.5 Å². The van der Waals surface area contributed by atoms with E-state index < -0.39 is 10.0 Å². The lowest BCUT2D eigenvalue weighted by atomic mass is 10.2. The summed E-state index contributed by atoms with van der Waals surface area (Å²) in [5, 5.41) is 0. The highest BCUT2D eigenvalue weighted by molar-refractivity contribution is 7.89. The number of benzene rings is 2. The fraction of sp³-hybridized carbons (Fsp3) is 0.348. The maximum Gasteiger partial charge on any atom is 0.246 e. The Morgan fingerprint density at radius 3 is 2.10 bits per heavy atom. The molecule has 7 nitrogen and oxygen atoms in total. The summed E-state index contributed by atoms with van der Waals surface area (Å²) >= 11 is 0. The summed E-state index contributed by atoms with van der Waals surface area (Å²) in [6.07, 6.45) is 3.19. The maximum atomic E-state index is 13.0. The number of rotatable bonds is 6. The van der Waals surface area contributed by atoms with Gasteiger partial charge in [0.05, 0.1) is 19.1 Å². The van der Waals surface area contributed by atoms with Crippen LogP contribution in [0.3, 0.4) is 0 Å². The lowest BCUT2D eigenvalue weighted by Crippen LogP contribution is -2.50. The van der Waals surface area contributed by atoms with Gasteiger partial charge in [-0.15, -0.1) is 0 Å². The summed E-state index contributed by atoms with van der Waals surface area (Å²) in [5.41, 5.74) is 2.53. The summed E-state index contributed by atoms with van der Waals surface area (Å²) < 4.78 is 38.0. The van der Waals surface area contributed by atoms with Crippen LogP contribution in [0, 0.1) is 13.8 Å². The third-order valence-electron chi connectivity index (χ3n) is 5.29. The van der Waals surface area contributed by atoms with E-state index in [4.69, 9.17) is 9.47 Å². The number of hydrogen-bond acceptors (Lipinski definition) is 5. The zero-order valence-electron chi connectivity index (χ0n) is 18.3. The van der Waals surface area contributed by atoms with Crippen molar-refractivity contribution in [3.63, 3.8) is 0 Å². The first-order valence-electron chi connectivity index (χ1n) is 10.0. The molecule has 1 aliphatic rings. The van der Waals surface area contributed by atoms with Gasteiger partial charge in [0.15, 0.2) is 0 Å². The Morgan fingerprint density at radius 2 is 1.55 bits per heavy atom. The SMILES string of the molecule is COc1cc(/C=C/C(=O)N2CCN(S(=O)(=O)c3ccc(C)cc3C)CC2)cc(OC)c1. The molecule has 0 aromatic heterocycles. The molecule has 1 fully saturated rings. The number of carbonyl (C=O) groups excluding carboxylic acids is 1. The van der Waals surface area contributed by atoms with Crippen molar-refractivity contribution in [1.29, 1.82) is 0 Å². The lowest BCUT2D eigenvalue weighted by Gasteiger charge is -2.33. The van der Waals surface area contributed by atoms with Crippen molar-refractivity contribution in [3.8, 4) is 11.5 Å². The van der Waals surface area contributed by atoms with Crippen molar-refractivity contribution < 1.29 is 22.7 Å². The molecular weight excluding hydrogens is 416 g/mol. The topological polar surface area (TPSA) is 76.2 Å². The second-order valence-corrected chi connectivity index (χ2v) is 9.38. The number of piperazine rings is 1. The second-order valence-electron chi connectivity index (χ2n) is 7.48. The Kier molecular flexibility index (Phi) is 7.02. The number of aryl methyl sites for hydroxylation is 2. The average Bonchev–Trinajstić information content (AvgIpc) is 2.77. The van der Waals surface area contributed by atoms with Crippen molar-refractivity contribution in [3.05, 3.63) is 59.2 Å². The number of sulfonamides is 1. The predicted octanol–water partition coefficient (Wildman–Crippen LogP) is 2.87. The van der Waals surface area contributed by atoms with Crippen LogP contribution in [0.4, 0.5) is 0 Å². The molecule has 0 radical (unpaired) electrons. The number of methoxy groups -OCH3 is 2. The Bertz CT molecular complexity index is 1060. The summed E-state index contributed by atoms with van der Waals surface area (Å²) in [6, 6.07) is 10.7. The molecular formula is C23H28N2O5S. The van der Waals surface area contributed by atoms with E-state index in [1.54, 1.807) is 62.5 Å². The highest BCUT2D eigenvalue weighted by Crippen LogP contribution is 2.24. The summed E-state index contributed by atoms with van der Waals surface area (Å²) in [7, 11) is -0.443. The summed E-state index contributed by atoms with van der Waals surface area (Å²) in [6.45, 7) is 4.95. The smallest absolute Gasteiger partial charge is 0.246 e. The van der Waals surface area contributed by atoms with Crippen molar-refractivity contribution in [2.24, 2.45) is 0 Å². The molecule has 8 heteroatoms. The van der Waals surface area contributed by atoms with Crippen LogP contribution < -0.4 is 9.47 Å². The number of hydrogen-bond donors (Lipinski definition) is 0. The zero-order chi connectivity index (χ0) is 22.6. The minimum Gasteiger partial charge on any atom is -0.497 e. The van der Waals surface area contributed by atoms with Gasteiger partial charge < -0.3 is 14.4 Å². The quantitative estimate of drug-likeness (QED) is 0.641. The molecule has 2 aromatic rings. The van der Waals surface area contributed by atoms with E-state index in [1.165, 1.54) is 10.4 Å². The first-order chi connectivity index (χ1) is 14.7. The van der Waals surface area contributed by atoms with Gasteiger partial charge in [-0.05, 0) is 49.2 Å². The first kappa shape index (κ1) is 22.8. The van der Waals surface area contributed by atoms with Crippen LogP contribution in [0.2, 0.25) is 0 Å². The first-order valence-corrected chi connectivity index (χ1v) is 11.5. The van der Waals surface area contributed by atoms with E-state index in [2.05, 4.69) is 0 Å². The molecule has 0 aliphatic carbocycles. The van der Waals surface area contributed by atoms with Crippen LogP contribution in [0.15, 0.2) is 47.4 Å². The van der Waals surface area contributed by atoms with Crippen LogP contribution in [-0.4, -0.2) is 63.9 Å². The maximum absolute atomic E-state index is 13.0. The molecule has 1 amide bonds. The van der Waals surface area contributed by atoms with Gasteiger partial charge in [-0.2, -0.15) is 4.31 Å². The minimum atomic E-state index is -3.58. The van der Waals surface area contributed by atoms with Crippen molar-refractivity contribution in [1.82, 2.24) is 9.21 Å². The van der Waals surface area contributed by atoms with Gasteiger partial charge in [0.2, 0.25) is 15.9 Å². The highest BCUT2D eigenvalue weighted by Gasteiger charge is 2.30. The monoisotopic (exact) mass is 444 g/mol. The van der Waals surface area contributed by atoms with Crippen molar-refractivity contribution >= 4 is 22.0 Å². The van der Waals surface area contributed by atoms with Crippen LogP contribution in [0.25, 0.3) is 6.08 Å². The third-order valence-corrected chi connectivity index (χ3v) is 7.35. The largest absolute Gasteiger partial charge is 0.497 e. The van der Waals surface area contributed by atoms with Crippen LogP contribution in [0.5, 0.6) is 11.5 Å². The van der Waals surface area contributed by atoms with E-state index >= 15 is 0 Å². The molecule has 2 aromatic carbocycles. The second kappa shape index (κ2) is 9.53. The summed E-state index contributed by atoms with van der Waals surface area (Å²) in [5.74, 6) is 1.11. The fourth-order valence-corrected chi connectivity index (χ4v) is 5.20. The van der Waals surface area contributed by atoms with Crippen molar-refractivity contribution in [2.45, 2.75) is 18.7 Å². The lowest BCUT2D eigenvalue weighted by molar-refractivity contribution is -0.127. The van der Waals surface area contributed by atoms with E-state index in [1.807, 2.05) is 13.0 Å². The molecule has 0 bridgehead atoms. The van der Waals surface area contributed by atoms with Crippen LogP contribution in [-0.2, 0) is 14.8 Å². The highest BCUT2D eigenvalue weighted by atomic mass is 32.2. The van der Waals surface area contributed by atoms with Gasteiger partial charge in [-0.1, -0.05) is 17.7 Å². The van der Waals surface area contributed by atoms with Gasteiger partial charge in [0.25, 0.3) is 0 Å². The standard InChI is InChI=1S/C23H28N2O5S/c1-17-5-7-22(18(2)13-17)31(27,28)25-11-9-24(10-12-25)23(26)8-6-19-14-20(29-3)16-21(15-19)30-4/h5-8,13-16H,9-12H2,1-4H3/b8-6+. The molecule has 0 saturated carbocycles. The van der Waals surface area contributed by atoms with Crippen molar-refractivity contribution in [2.75, 3.05) is 40.4 Å². The normalized spacial score (nSPS) is 15.3. The minimum absolute atomic E-state index is 0.162. The molecule has 0 unspecified atom stereocenters. The molecule has 3 rings (SSSR count). The zero-order valence-corrected chi connectivity index (χ0v) is 19.1. The molecule has 1 saturated heterocycles. The predicted molar refractivity (Wildman–Crippen MR) is 120 cm³/mol. The molecule has 0 N–H and O–H groups in total. The molecule has 0 atom stereocenters. The van der Waals surface area contributed by atoms with E-state index in [9.17, 15) is 13.2 Å². The number of amides is 1. The molecule has 1 heterocycles. The van der Waals surface area contributed by atoms with Gasteiger partial charge in [-0.3, -0.25) is 4.79 Å². The van der Waals surface area contributed by atoms with Gasteiger partial charge >= 0.3 is 0 Å². The molecule has 166 valence electrons. The van der Waals surface area contributed by atoms with E-state index in [0.717, 1.165) is 16.7 Å². The van der Waals surface area contributed by atoms with Gasteiger partial charge in [-0.25, -0.2) is 8.42 Å². The van der Waals surface area contributed by atoms with Crippen LogP contribution in [0.1, 0.15) is 16.7 Å². The Morgan fingerprint density at radius 1 is 0.935 bits per heavy atom. The number of nitrogens with zero attached hydrogens (tertiary/aromatic N) is 2. The number of ether oxygens (including phenoxy) is 2. The number of carbonyl (C=O) groups is 1. The molecule has 0 spiro atoms. The third kappa shape index (κ3) is 5.26. The Balaban J connectivity index is 1.65. The van der Waals surface area contributed by atoms with Gasteiger partial charge in [0.1, 0.15) is 11.5 Å². The summed E-state index contributed by atoms with van der Waals surface area (Å²) in [4.78, 5) is 14.6. The average molecular weight is 445 g/mol. The van der Waals surface area contributed by atoms with E-state index in [-0.39, 0.29) is 19.0 Å². The Labute approximate surface area is 183 Å². The van der Waals surface area contributed by atoms with Gasteiger partial charge in [0, 0.05) is 38.3 Å². The Hall–Kier alpha value is -2.84. The fourth-order valence-electron chi connectivity index (χ4n) is 3.58. The molecule has 31 heavy (non-hydrogen) atoms.